The lowest BCUT2D eigenvalue weighted by Crippen LogP contribution is -2.06. The summed E-state index contributed by atoms with van der Waals surface area (Å²) in [6.07, 6.45) is 6.68. The maximum absolute atomic E-state index is 9.88. The van der Waals surface area contributed by atoms with E-state index in [0.717, 1.165) is 28.0 Å². The topological polar surface area (TPSA) is 117 Å². The Hall–Kier alpha value is -4.34. The van der Waals surface area contributed by atoms with Crippen LogP contribution in [-0.4, -0.2) is 51.5 Å². The Balaban J connectivity index is 1.48. The normalized spacial score (nSPS) is 11.6. The summed E-state index contributed by atoms with van der Waals surface area (Å²) in [5, 5.41) is 15.3. The van der Waals surface area contributed by atoms with Gasteiger partial charge in [-0.3, -0.25) is 0 Å². The molecule has 0 fully saturated rings. The van der Waals surface area contributed by atoms with Crippen LogP contribution in [0.1, 0.15) is 50.9 Å². The largest absolute Gasteiger partial charge is 0.492 e. The van der Waals surface area contributed by atoms with Crippen molar-refractivity contribution < 1.29 is 9.84 Å². The van der Waals surface area contributed by atoms with Crippen molar-refractivity contribution in [2.75, 3.05) is 7.11 Å². The third-order valence-corrected chi connectivity index (χ3v) is 6.00. The summed E-state index contributed by atoms with van der Waals surface area (Å²) >= 11 is 0. The molecule has 10 nitrogen and oxygen atoms in total. The molecule has 0 atom stereocenters. The van der Waals surface area contributed by atoms with Gasteiger partial charge in [-0.15, -0.1) is 0 Å². The van der Waals surface area contributed by atoms with E-state index in [1.807, 2.05) is 33.5 Å². The second-order valence-corrected chi connectivity index (χ2v) is 9.19. The Kier molecular flexibility index (Phi) is 6.09. The van der Waals surface area contributed by atoms with Crippen molar-refractivity contribution in [3.8, 4) is 34.5 Å². The lowest BCUT2D eigenvalue weighted by atomic mass is 10.0. The van der Waals surface area contributed by atoms with E-state index in [4.69, 9.17) is 9.72 Å². The van der Waals surface area contributed by atoms with Crippen LogP contribution >= 0.6 is 0 Å². The summed E-state index contributed by atoms with van der Waals surface area (Å²) in [6.45, 7) is 8.77. The van der Waals surface area contributed by atoms with Crippen LogP contribution in [0, 0.1) is 0 Å². The number of methoxy groups -OCH3 is 1. The van der Waals surface area contributed by atoms with Gasteiger partial charge in [0.15, 0.2) is 11.5 Å². The van der Waals surface area contributed by atoms with Crippen LogP contribution in [0.25, 0.3) is 33.8 Å². The van der Waals surface area contributed by atoms with E-state index in [2.05, 4.69) is 52.7 Å². The highest BCUT2D eigenvalue weighted by Crippen LogP contribution is 2.32. The van der Waals surface area contributed by atoms with Gasteiger partial charge in [-0.05, 0) is 25.3 Å². The smallest absolute Gasteiger partial charge is 0.229 e. The highest BCUT2D eigenvalue weighted by molar-refractivity contribution is 5.77. The molecule has 36 heavy (non-hydrogen) atoms. The van der Waals surface area contributed by atoms with E-state index < -0.39 is 0 Å². The van der Waals surface area contributed by atoms with Crippen LogP contribution in [-0.2, 0) is 6.54 Å². The van der Waals surface area contributed by atoms with Gasteiger partial charge in [0.25, 0.3) is 0 Å². The van der Waals surface area contributed by atoms with E-state index in [1.165, 1.54) is 6.33 Å². The lowest BCUT2D eigenvalue weighted by molar-refractivity contribution is 0.397. The molecule has 10 heteroatoms. The fourth-order valence-electron chi connectivity index (χ4n) is 4.21. The minimum atomic E-state index is 0.0161. The molecule has 0 aliphatic carbocycles. The molecule has 184 valence electrons. The minimum absolute atomic E-state index is 0.0161. The molecule has 0 aliphatic rings. The summed E-state index contributed by atoms with van der Waals surface area (Å²) in [5.74, 6) is 1.84. The van der Waals surface area contributed by atoms with E-state index in [-0.39, 0.29) is 17.8 Å². The molecule has 4 heterocycles. The molecular weight excluding hydrogens is 456 g/mol. The molecular formula is C26H28N8O2. The van der Waals surface area contributed by atoms with Gasteiger partial charge in [0.1, 0.15) is 17.7 Å². The first kappa shape index (κ1) is 23.4. The van der Waals surface area contributed by atoms with Gasteiger partial charge in [-0.1, -0.05) is 38.1 Å². The zero-order valence-corrected chi connectivity index (χ0v) is 20.9. The summed E-state index contributed by atoms with van der Waals surface area (Å²) in [6, 6.07) is 8.26. The fourth-order valence-corrected chi connectivity index (χ4v) is 4.21. The molecule has 5 aromatic rings. The Labute approximate surface area is 208 Å². The van der Waals surface area contributed by atoms with E-state index in [1.54, 1.807) is 25.7 Å². The zero-order valence-electron chi connectivity index (χ0n) is 20.9. The quantitative estimate of drug-likeness (QED) is 0.356. The predicted octanol–water partition coefficient (Wildman–Crippen LogP) is 4.61. The summed E-state index contributed by atoms with van der Waals surface area (Å²) in [5.41, 5.74) is 4.22. The number of fused-ring (bicyclic) bond motifs is 1. The van der Waals surface area contributed by atoms with Gasteiger partial charge < -0.3 is 14.4 Å². The first-order chi connectivity index (χ1) is 17.4. The number of benzene rings is 1. The number of imidazole rings is 1. The molecule has 0 saturated carbocycles. The third kappa shape index (κ3) is 4.26. The van der Waals surface area contributed by atoms with Crippen molar-refractivity contribution in [2.24, 2.45) is 0 Å². The first-order valence-electron chi connectivity index (χ1n) is 11.8. The van der Waals surface area contributed by atoms with E-state index in [9.17, 15) is 5.11 Å². The molecule has 0 unspecified atom stereocenters. The van der Waals surface area contributed by atoms with Crippen molar-refractivity contribution in [1.82, 2.24) is 39.3 Å². The number of hydrogen-bond acceptors (Lipinski definition) is 8. The SMILES string of the molecule is COc1ncnc(C(C)C)c1-c1ncc2cnn(Cc3ccc(-c4nc(O)cn4C(C)C)cc3)c2n1. The number of aromatic nitrogens is 8. The van der Waals surface area contributed by atoms with Gasteiger partial charge in [-0.2, -0.15) is 10.1 Å². The lowest BCUT2D eigenvalue weighted by Gasteiger charge is -2.13. The van der Waals surface area contributed by atoms with Crippen molar-refractivity contribution in [3.05, 3.63) is 60.4 Å². The second kappa shape index (κ2) is 9.37. The van der Waals surface area contributed by atoms with Gasteiger partial charge in [0.05, 0.1) is 37.1 Å². The highest BCUT2D eigenvalue weighted by atomic mass is 16.5. The Bertz CT molecular complexity index is 1520. The van der Waals surface area contributed by atoms with Crippen molar-refractivity contribution in [3.63, 3.8) is 0 Å². The van der Waals surface area contributed by atoms with Crippen molar-refractivity contribution >= 4 is 11.0 Å². The summed E-state index contributed by atoms with van der Waals surface area (Å²) in [7, 11) is 1.58. The van der Waals surface area contributed by atoms with E-state index >= 15 is 0 Å². The highest BCUT2D eigenvalue weighted by Gasteiger charge is 2.20. The average Bonchev–Trinajstić information content (AvgIpc) is 3.47. The maximum atomic E-state index is 9.88. The van der Waals surface area contributed by atoms with Gasteiger partial charge in [0.2, 0.25) is 11.8 Å². The molecule has 0 bridgehead atoms. The number of ether oxygens (including phenoxy) is 1. The molecule has 1 aromatic carbocycles. The van der Waals surface area contributed by atoms with Crippen LogP contribution < -0.4 is 4.74 Å². The van der Waals surface area contributed by atoms with Crippen LogP contribution in [0.15, 0.2) is 49.2 Å². The molecule has 1 N–H and O–H groups in total. The molecule has 5 rings (SSSR count). The van der Waals surface area contributed by atoms with Crippen LogP contribution in [0.4, 0.5) is 0 Å². The second-order valence-electron chi connectivity index (χ2n) is 9.19. The van der Waals surface area contributed by atoms with Gasteiger partial charge in [-0.25, -0.2) is 24.6 Å². The summed E-state index contributed by atoms with van der Waals surface area (Å²) < 4.78 is 9.31. The first-order valence-corrected chi connectivity index (χ1v) is 11.8. The molecule has 0 radical (unpaired) electrons. The number of nitrogens with zero attached hydrogens (tertiary/aromatic N) is 8. The number of hydrogen-bond donors (Lipinski definition) is 1. The molecule has 4 aromatic heterocycles. The van der Waals surface area contributed by atoms with E-state index in [0.29, 0.717) is 29.5 Å². The van der Waals surface area contributed by atoms with Crippen LogP contribution in [0.5, 0.6) is 11.8 Å². The minimum Gasteiger partial charge on any atom is -0.492 e. The Morgan fingerprint density at radius 1 is 0.972 bits per heavy atom. The standard InChI is InChI=1S/C26H28N8O2/c1-15(2)22-21(26(36-5)29-14-28-22)23-27-10-19-11-30-34(25(19)32-23)12-17-6-8-18(9-7-17)24-31-20(35)13-33(24)16(3)4/h6-11,13-16,35H,12H2,1-5H3. The number of aromatic hydroxyl groups is 1. The fraction of sp³-hybridized carbons (Fsp3) is 0.308. The number of rotatable bonds is 7. The van der Waals surface area contributed by atoms with Crippen LogP contribution in [0.3, 0.4) is 0 Å². The molecule has 0 spiro atoms. The van der Waals surface area contributed by atoms with Crippen molar-refractivity contribution in [2.45, 2.75) is 46.2 Å². The Morgan fingerprint density at radius 2 is 1.75 bits per heavy atom. The average molecular weight is 485 g/mol. The summed E-state index contributed by atoms with van der Waals surface area (Å²) in [4.78, 5) is 22.4. The van der Waals surface area contributed by atoms with Gasteiger partial charge in [0, 0.05) is 17.8 Å². The maximum Gasteiger partial charge on any atom is 0.229 e. The Morgan fingerprint density at radius 3 is 2.44 bits per heavy atom. The third-order valence-electron chi connectivity index (χ3n) is 6.00. The van der Waals surface area contributed by atoms with Crippen molar-refractivity contribution in [1.29, 1.82) is 0 Å². The predicted molar refractivity (Wildman–Crippen MR) is 136 cm³/mol. The van der Waals surface area contributed by atoms with Gasteiger partial charge >= 0.3 is 0 Å². The molecule has 0 saturated heterocycles. The molecule has 0 aliphatic heterocycles. The monoisotopic (exact) mass is 484 g/mol. The zero-order chi connectivity index (χ0) is 25.4. The molecule has 0 amide bonds. The van der Waals surface area contributed by atoms with Crippen LogP contribution in [0.2, 0.25) is 0 Å².